The molecule has 2 aromatic rings. The highest BCUT2D eigenvalue weighted by Gasteiger charge is 2.09. The van der Waals surface area contributed by atoms with Crippen LogP contribution >= 0.6 is 15.9 Å². The Morgan fingerprint density at radius 1 is 1.09 bits per heavy atom. The van der Waals surface area contributed by atoms with Gasteiger partial charge < -0.3 is 15.5 Å². The molecule has 0 aromatic heterocycles. The van der Waals surface area contributed by atoms with Gasteiger partial charge in [0, 0.05) is 34.1 Å². The molecule has 0 saturated carbocycles. The molecule has 0 aliphatic carbocycles. The van der Waals surface area contributed by atoms with Gasteiger partial charge in [-0.25, -0.2) is 4.79 Å². The summed E-state index contributed by atoms with van der Waals surface area (Å²) in [6, 6.07) is 11.0. The molecule has 0 aliphatic rings. The summed E-state index contributed by atoms with van der Waals surface area (Å²) in [7, 11) is 0. The van der Waals surface area contributed by atoms with E-state index in [1.807, 2.05) is 0 Å². The van der Waals surface area contributed by atoms with Crippen molar-refractivity contribution in [3.63, 3.8) is 0 Å². The van der Waals surface area contributed by atoms with Gasteiger partial charge in [0.25, 0.3) is 0 Å². The van der Waals surface area contributed by atoms with Gasteiger partial charge in [-0.3, -0.25) is 4.79 Å². The minimum Gasteiger partial charge on any atom is -0.507 e. The van der Waals surface area contributed by atoms with Crippen molar-refractivity contribution < 1.29 is 19.8 Å². The summed E-state index contributed by atoms with van der Waals surface area (Å²) in [5, 5.41) is 21.2. The molecule has 0 saturated heterocycles. The van der Waals surface area contributed by atoms with Gasteiger partial charge in [-0.1, -0.05) is 15.9 Å². The molecule has 0 radical (unpaired) electrons. The SMILES string of the molecule is O=C(C=CNc1ccc(C(=O)O)c(O)c1)c1ccc(Br)cc1. The predicted molar refractivity (Wildman–Crippen MR) is 86.3 cm³/mol. The number of nitrogens with one attached hydrogen (secondary N) is 1. The summed E-state index contributed by atoms with van der Waals surface area (Å²) in [6.07, 6.45) is 2.78. The Kier molecular flexibility index (Phi) is 4.95. The molecular weight excluding hydrogens is 350 g/mol. The minimum absolute atomic E-state index is 0.175. The van der Waals surface area contributed by atoms with Crippen LogP contribution in [0.15, 0.2) is 59.2 Å². The number of aromatic hydroxyl groups is 1. The standard InChI is InChI=1S/C16H12BrNO4/c17-11-3-1-10(2-4-11)14(19)7-8-18-12-5-6-13(16(21)22)15(20)9-12/h1-9,18,20H,(H,21,22). The number of hydrogen-bond donors (Lipinski definition) is 3. The molecule has 0 heterocycles. The number of rotatable bonds is 5. The molecule has 2 aromatic carbocycles. The fourth-order valence-electron chi connectivity index (χ4n) is 1.73. The van der Waals surface area contributed by atoms with Crippen LogP contribution in [0.5, 0.6) is 5.75 Å². The summed E-state index contributed by atoms with van der Waals surface area (Å²) in [4.78, 5) is 22.7. The molecule has 2 rings (SSSR count). The molecule has 0 unspecified atom stereocenters. The van der Waals surface area contributed by atoms with Gasteiger partial charge in [-0.05, 0) is 36.4 Å². The predicted octanol–water partition coefficient (Wildman–Crippen LogP) is 3.66. The number of carbonyl (C=O) groups is 2. The minimum atomic E-state index is -1.20. The number of aromatic carboxylic acids is 1. The van der Waals surface area contributed by atoms with E-state index in [1.165, 1.54) is 30.5 Å². The number of carbonyl (C=O) groups excluding carboxylic acids is 1. The van der Waals surface area contributed by atoms with Gasteiger partial charge in [0.1, 0.15) is 11.3 Å². The number of benzene rings is 2. The van der Waals surface area contributed by atoms with Crippen LogP contribution in [0.4, 0.5) is 5.69 Å². The molecular formula is C16H12BrNO4. The van der Waals surface area contributed by atoms with E-state index in [1.54, 1.807) is 24.3 Å². The van der Waals surface area contributed by atoms with Crippen LogP contribution in [-0.2, 0) is 0 Å². The lowest BCUT2D eigenvalue weighted by Gasteiger charge is -2.04. The highest BCUT2D eigenvalue weighted by atomic mass is 79.9. The lowest BCUT2D eigenvalue weighted by Crippen LogP contribution is -1.98. The van der Waals surface area contributed by atoms with Crippen molar-refractivity contribution in [1.82, 2.24) is 0 Å². The van der Waals surface area contributed by atoms with Gasteiger partial charge >= 0.3 is 5.97 Å². The highest BCUT2D eigenvalue weighted by molar-refractivity contribution is 9.10. The van der Waals surface area contributed by atoms with Gasteiger partial charge in [0.05, 0.1) is 0 Å². The van der Waals surface area contributed by atoms with Crippen molar-refractivity contribution >= 4 is 33.4 Å². The maximum Gasteiger partial charge on any atom is 0.339 e. The molecule has 0 atom stereocenters. The summed E-state index contributed by atoms with van der Waals surface area (Å²) < 4.78 is 0.889. The van der Waals surface area contributed by atoms with Crippen LogP contribution in [0, 0.1) is 0 Å². The third-order valence-electron chi connectivity index (χ3n) is 2.84. The van der Waals surface area contributed by atoms with Crippen molar-refractivity contribution in [2.45, 2.75) is 0 Å². The highest BCUT2D eigenvalue weighted by Crippen LogP contribution is 2.21. The van der Waals surface area contributed by atoms with Crippen LogP contribution in [0.1, 0.15) is 20.7 Å². The molecule has 6 heteroatoms. The molecule has 0 amide bonds. The Hall–Kier alpha value is -2.60. The molecule has 3 N–H and O–H groups in total. The molecule has 0 spiro atoms. The van der Waals surface area contributed by atoms with Gasteiger partial charge in [-0.15, -0.1) is 0 Å². The van der Waals surface area contributed by atoms with E-state index in [0.717, 1.165) is 4.47 Å². The van der Waals surface area contributed by atoms with E-state index in [-0.39, 0.29) is 17.1 Å². The monoisotopic (exact) mass is 361 g/mol. The van der Waals surface area contributed by atoms with Crippen molar-refractivity contribution in [2.24, 2.45) is 0 Å². The quantitative estimate of drug-likeness (QED) is 0.558. The maximum absolute atomic E-state index is 11.9. The van der Waals surface area contributed by atoms with Gasteiger partial charge in [-0.2, -0.15) is 0 Å². The van der Waals surface area contributed by atoms with Gasteiger partial charge in [0.15, 0.2) is 5.78 Å². The van der Waals surface area contributed by atoms with Crippen molar-refractivity contribution in [2.75, 3.05) is 5.32 Å². The number of halogens is 1. The fourth-order valence-corrected chi connectivity index (χ4v) is 1.99. The number of anilines is 1. The lowest BCUT2D eigenvalue weighted by molar-refractivity contribution is 0.0693. The maximum atomic E-state index is 11.9. The Morgan fingerprint density at radius 3 is 2.36 bits per heavy atom. The first kappa shape index (κ1) is 15.8. The van der Waals surface area contributed by atoms with Crippen LogP contribution < -0.4 is 5.32 Å². The van der Waals surface area contributed by atoms with Crippen molar-refractivity contribution in [3.05, 3.63) is 70.3 Å². The molecule has 0 bridgehead atoms. The molecule has 0 aliphatic heterocycles. The van der Waals surface area contributed by atoms with Crippen molar-refractivity contribution in [1.29, 1.82) is 0 Å². The summed E-state index contributed by atoms with van der Waals surface area (Å²) in [5.74, 6) is -1.72. The molecule has 112 valence electrons. The second kappa shape index (κ2) is 6.91. The zero-order chi connectivity index (χ0) is 16.1. The fraction of sp³-hybridized carbons (Fsp3) is 0. The van der Waals surface area contributed by atoms with Crippen LogP contribution in [-0.4, -0.2) is 22.0 Å². The zero-order valence-electron chi connectivity index (χ0n) is 11.3. The Morgan fingerprint density at radius 2 is 1.77 bits per heavy atom. The first-order chi connectivity index (χ1) is 10.5. The zero-order valence-corrected chi connectivity index (χ0v) is 12.9. The largest absolute Gasteiger partial charge is 0.507 e. The second-order valence-electron chi connectivity index (χ2n) is 4.39. The Labute approximate surface area is 135 Å². The molecule has 0 fully saturated rings. The van der Waals surface area contributed by atoms with E-state index >= 15 is 0 Å². The van der Waals surface area contributed by atoms with E-state index in [4.69, 9.17) is 5.11 Å². The average molecular weight is 362 g/mol. The molecule has 22 heavy (non-hydrogen) atoms. The Balaban J connectivity index is 2.03. The first-order valence-electron chi connectivity index (χ1n) is 6.26. The second-order valence-corrected chi connectivity index (χ2v) is 5.30. The van der Waals surface area contributed by atoms with E-state index in [0.29, 0.717) is 11.3 Å². The number of carboxylic acid groups (broad SMARTS) is 1. The van der Waals surface area contributed by atoms with Crippen LogP contribution in [0.3, 0.4) is 0 Å². The van der Waals surface area contributed by atoms with Crippen LogP contribution in [0.2, 0.25) is 0 Å². The van der Waals surface area contributed by atoms with Gasteiger partial charge in [0.2, 0.25) is 0 Å². The van der Waals surface area contributed by atoms with E-state index in [9.17, 15) is 14.7 Å². The number of hydrogen-bond acceptors (Lipinski definition) is 4. The number of phenols is 1. The average Bonchev–Trinajstić information content (AvgIpc) is 2.47. The number of allylic oxidation sites excluding steroid dienone is 1. The first-order valence-corrected chi connectivity index (χ1v) is 7.06. The third kappa shape index (κ3) is 3.95. The van der Waals surface area contributed by atoms with Crippen molar-refractivity contribution in [3.8, 4) is 5.75 Å². The topological polar surface area (TPSA) is 86.6 Å². The third-order valence-corrected chi connectivity index (χ3v) is 3.37. The lowest BCUT2D eigenvalue weighted by atomic mass is 10.1. The number of carboxylic acids is 1. The van der Waals surface area contributed by atoms with E-state index < -0.39 is 5.97 Å². The Bertz CT molecular complexity index is 738. The molecule has 5 nitrogen and oxygen atoms in total. The summed E-state index contributed by atoms with van der Waals surface area (Å²) >= 11 is 3.29. The van der Waals surface area contributed by atoms with Crippen LogP contribution in [0.25, 0.3) is 0 Å². The number of ketones is 1. The smallest absolute Gasteiger partial charge is 0.339 e. The summed E-state index contributed by atoms with van der Waals surface area (Å²) in [5.41, 5.74) is 0.841. The normalized spacial score (nSPS) is 10.6. The van der Waals surface area contributed by atoms with E-state index in [2.05, 4.69) is 21.2 Å². The summed E-state index contributed by atoms with van der Waals surface area (Å²) in [6.45, 7) is 0.